The molecule has 0 aliphatic heterocycles. The van der Waals surface area contributed by atoms with Crippen molar-refractivity contribution in [2.75, 3.05) is 0 Å². The first-order valence-corrected chi connectivity index (χ1v) is 7.89. The van der Waals surface area contributed by atoms with Crippen molar-refractivity contribution in [2.45, 2.75) is 12.5 Å². The molecule has 0 amide bonds. The minimum absolute atomic E-state index is 0.0612. The van der Waals surface area contributed by atoms with E-state index >= 15 is 0 Å². The van der Waals surface area contributed by atoms with E-state index in [-0.39, 0.29) is 10.0 Å². The van der Waals surface area contributed by atoms with Gasteiger partial charge in [-0.15, -0.1) is 11.3 Å². The third kappa shape index (κ3) is 2.44. The van der Waals surface area contributed by atoms with Crippen LogP contribution < -0.4 is 0 Å². The zero-order valence-electron chi connectivity index (χ0n) is 11.0. The molecule has 0 aliphatic rings. The Bertz CT molecular complexity index is 826. The summed E-state index contributed by atoms with van der Waals surface area (Å²) in [5, 5.41) is 14.1. The Morgan fingerprint density at radius 1 is 1.10 bits per heavy atom. The molecule has 3 rings (SSSR count). The van der Waals surface area contributed by atoms with Crippen molar-refractivity contribution in [3.63, 3.8) is 0 Å². The molecule has 0 spiro atoms. The zero-order valence-corrected chi connectivity index (χ0v) is 13.4. The molecule has 1 nitrogen and oxygen atoms in total. The quantitative estimate of drug-likeness (QED) is 0.601. The molecule has 1 aromatic heterocycles. The number of hydrogen-bond donors (Lipinski definition) is 1. The summed E-state index contributed by atoms with van der Waals surface area (Å²) in [7, 11) is 0. The molecule has 2 aromatic carbocycles. The molecule has 0 saturated carbocycles. The summed E-state index contributed by atoms with van der Waals surface area (Å²) in [5.74, 6) is -0.602. The van der Waals surface area contributed by atoms with E-state index < -0.39 is 11.4 Å². The van der Waals surface area contributed by atoms with Crippen molar-refractivity contribution in [1.29, 1.82) is 0 Å². The molecular formula is C16H11Cl2FOS. The molecule has 1 N–H and O–H groups in total. The molecule has 0 radical (unpaired) electrons. The Balaban J connectivity index is 2.25. The maximum Gasteiger partial charge on any atom is 0.142 e. The van der Waals surface area contributed by atoms with Gasteiger partial charge in [0, 0.05) is 20.8 Å². The highest BCUT2D eigenvalue weighted by atomic mass is 35.5. The fourth-order valence-electron chi connectivity index (χ4n) is 2.42. The molecule has 108 valence electrons. The van der Waals surface area contributed by atoms with Gasteiger partial charge in [0.15, 0.2) is 0 Å². The van der Waals surface area contributed by atoms with E-state index in [0.717, 1.165) is 10.1 Å². The first-order chi connectivity index (χ1) is 9.91. The number of hydrogen-bond acceptors (Lipinski definition) is 2. The van der Waals surface area contributed by atoms with Gasteiger partial charge in [-0.2, -0.15) is 0 Å². The summed E-state index contributed by atoms with van der Waals surface area (Å²) in [6, 6.07) is 10.1. The van der Waals surface area contributed by atoms with Crippen molar-refractivity contribution in [2.24, 2.45) is 0 Å². The third-order valence-corrected chi connectivity index (χ3v) is 5.10. The molecular weight excluding hydrogens is 330 g/mol. The van der Waals surface area contributed by atoms with E-state index in [1.807, 2.05) is 29.6 Å². The summed E-state index contributed by atoms with van der Waals surface area (Å²) >= 11 is 13.4. The Labute approximate surface area is 135 Å². The van der Waals surface area contributed by atoms with E-state index in [4.69, 9.17) is 23.2 Å². The van der Waals surface area contributed by atoms with Gasteiger partial charge in [0.1, 0.15) is 11.4 Å². The number of rotatable bonds is 2. The van der Waals surface area contributed by atoms with Crippen molar-refractivity contribution < 1.29 is 9.50 Å². The lowest BCUT2D eigenvalue weighted by Crippen LogP contribution is -2.23. The lowest BCUT2D eigenvalue weighted by molar-refractivity contribution is 0.104. The van der Waals surface area contributed by atoms with Gasteiger partial charge in [-0.25, -0.2) is 4.39 Å². The fourth-order valence-corrected chi connectivity index (χ4v) is 4.00. The maximum atomic E-state index is 13.8. The Kier molecular flexibility index (Phi) is 3.70. The fraction of sp³-hybridized carbons (Fsp3) is 0.125. The summed E-state index contributed by atoms with van der Waals surface area (Å²) in [5.41, 5.74) is -0.419. The normalized spacial score (nSPS) is 14.3. The van der Waals surface area contributed by atoms with Gasteiger partial charge in [0.25, 0.3) is 0 Å². The molecule has 0 saturated heterocycles. The second kappa shape index (κ2) is 5.25. The smallest absolute Gasteiger partial charge is 0.142 e. The van der Waals surface area contributed by atoms with Crippen LogP contribution in [0.2, 0.25) is 10.0 Å². The zero-order chi connectivity index (χ0) is 15.2. The van der Waals surface area contributed by atoms with Crippen LogP contribution in [0.3, 0.4) is 0 Å². The van der Waals surface area contributed by atoms with Gasteiger partial charge >= 0.3 is 0 Å². The second-order valence-corrected chi connectivity index (χ2v) is 6.69. The van der Waals surface area contributed by atoms with Crippen molar-refractivity contribution in [3.05, 3.63) is 68.8 Å². The lowest BCUT2D eigenvalue weighted by Gasteiger charge is -2.26. The van der Waals surface area contributed by atoms with Crippen LogP contribution in [0, 0.1) is 5.82 Å². The number of halogens is 3. The molecule has 1 atom stereocenters. The molecule has 1 heterocycles. The topological polar surface area (TPSA) is 20.2 Å². The molecule has 0 bridgehead atoms. The van der Waals surface area contributed by atoms with Crippen LogP contribution in [0.5, 0.6) is 0 Å². The predicted octanol–water partition coefficient (Wildman–Crippen LogP) is 5.60. The van der Waals surface area contributed by atoms with Crippen LogP contribution >= 0.6 is 34.5 Å². The standard InChI is InChI=1S/C16H11Cl2FOS/c1-16(20,11-7-14(19)13(18)8-12(11)17)10-4-2-3-9-5-6-21-15(9)10/h2-8,20H,1H3. The SMILES string of the molecule is CC(O)(c1cc(F)c(Cl)cc1Cl)c1cccc2ccsc12. The lowest BCUT2D eigenvalue weighted by atomic mass is 9.87. The first-order valence-electron chi connectivity index (χ1n) is 6.25. The largest absolute Gasteiger partial charge is 0.381 e. The van der Waals surface area contributed by atoms with Crippen molar-refractivity contribution >= 4 is 44.6 Å². The van der Waals surface area contributed by atoms with Gasteiger partial charge in [0.05, 0.1) is 5.02 Å². The van der Waals surface area contributed by atoms with E-state index in [1.165, 1.54) is 23.5 Å². The van der Waals surface area contributed by atoms with E-state index in [9.17, 15) is 9.50 Å². The number of fused-ring (bicyclic) bond motifs is 1. The third-order valence-electron chi connectivity index (χ3n) is 3.54. The number of thiophene rings is 1. The Hall–Kier alpha value is -1.13. The van der Waals surface area contributed by atoms with Crippen LogP contribution in [-0.2, 0) is 5.60 Å². The molecule has 3 aromatic rings. The predicted molar refractivity (Wildman–Crippen MR) is 86.9 cm³/mol. The summed E-state index contributed by atoms with van der Waals surface area (Å²) in [6.45, 7) is 1.61. The van der Waals surface area contributed by atoms with Crippen LogP contribution in [0.1, 0.15) is 18.1 Å². The van der Waals surface area contributed by atoms with Crippen LogP contribution in [0.4, 0.5) is 4.39 Å². The number of benzene rings is 2. The molecule has 21 heavy (non-hydrogen) atoms. The monoisotopic (exact) mass is 340 g/mol. The molecule has 5 heteroatoms. The minimum atomic E-state index is -1.41. The Morgan fingerprint density at radius 3 is 2.62 bits per heavy atom. The van der Waals surface area contributed by atoms with Crippen LogP contribution in [0.15, 0.2) is 41.8 Å². The highest BCUT2D eigenvalue weighted by Crippen LogP contribution is 2.40. The second-order valence-electron chi connectivity index (χ2n) is 4.96. The summed E-state index contributed by atoms with van der Waals surface area (Å²) in [6.07, 6.45) is 0. The van der Waals surface area contributed by atoms with E-state index in [1.54, 1.807) is 6.92 Å². The maximum absolute atomic E-state index is 13.8. The minimum Gasteiger partial charge on any atom is -0.381 e. The first kappa shape index (κ1) is 14.8. The van der Waals surface area contributed by atoms with Gasteiger partial charge in [0.2, 0.25) is 0 Å². The van der Waals surface area contributed by atoms with Crippen LogP contribution in [0.25, 0.3) is 10.1 Å². The van der Waals surface area contributed by atoms with Gasteiger partial charge < -0.3 is 5.11 Å². The van der Waals surface area contributed by atoms with Crippen molar-refractivity contribution in [1.82, 2.24) is 0 Å². The molecule has 0 aliphatic carbocycles. The van der Waals surface area contributed by atoms with E-state index in [0.29, 0.717) is 11.1 Å². The highest BCUT2D eigenvalue weighted by Gasteiger charge is 2.31. The summed E-state index contributed by atoms with van der Waals surface area (Å²) < 4.78 is 14.7. The summed E-state index contributed by atoms with van der Waals surface area (Å²) in [4.78, 5) is 0. The number of aliphatic hydroxyl groups is 1. The van der Waals surface area contributed by atoms with Gasteiger partial charge in [-0.3, -0.25) is 0 Å². The Morgan fingerprint density at radius 2 is 1.86 bits per heavy atom. The average molecular weight is 341 g/mol. The van der Waals surface area contributed by atoms with Crippen LogP contribution in [-0.4, -0.2) is 5.11 Å². The van der Waals surface area contributed by atoms with Gasteiger partial charge in [-0.05, 0) is 35.9 Å². The highest BCUT2D eigenvalue weighted by molar-refractivity contribution is 7.17. The van der Waals surface area contributed by atoms with E-state index in [2.05, 4.69) is 0 Å². The molecule has 0 fully saturated rings. The van der Waals surface area contributed by atoms with Crippen molar-refractivity contribution in [3.8, 4) is 0 Å². The molecule has 1 unspecified atom stereocenters. The van der Waals surface area contributed by atoms with Gasteiger partial charge in [-0.1, -0.05) is 41.4 Å². The average Bonchev–Trinajstić information content (AvgIpc) is 2.90.